The van der Waals surface area contributed by atoms with Crippen LogP contribution in [-0.2, 0) is 15.8 Å². The number of carbonyl (C=O) groups excluding carboxylic acids is 2. The van der Waals surface area contributed by atoms with Crippen molar-refractivity contribution in [2.24, 2.45) is 4.99 Å². The van der Waals surface area contributed by atoms with Crippen LogP contribution in [0.5, 0.6) is 0 Å². The van der Waals surface area contributed by atoms with Gasteiger partial charge in [-0.15, -0.1) is 0 Å². The van der Waals surface area contributed by atoms with E-state index in [1.165, 1.54) is 13.1 Å². The number of thioether (sulfide) groups is 1. The summed E-state index contributed by atoms with van der Waals surface area (Å²) in [5.41, 5.74) is -0.491. The number of nitrogens with one attached hydrogen (secondary N) is 1. The minimum atomic E-state index is -4.61. The van der Waals surface area contributed by atoms with E-state index in [1.807, 2.05) is 0 Å². The summed E-state index contributed by atoms with van der Waals surface area (Å²) in [4.78, 5) is 30.1. The maximum absolute atomic E-state index is 13.1. The highest BCUT2D eigenvalue weighted by Gasteiger charge is 2.41. The van der Waals surface area contributed by atoms with E-state index in [0.29, 0.717) is 10.7 Å². The first kappa shape index (κ1) is 22.5. The van der Waals surface area contributed by atoms with Gasteiger partial charge in [0.05, 0.1) is 16.3 Å². The van der Waals surface area contributed by atoms with Crippen LogP contribution in [0.15, 0.2) is 47.5 Å². The normalized spacial score (nSPS) is 17.6. The number of carbonyl (C=O) groups is 2. The molecule has 1 aliphatic rings. The minimum absolute atomic E-state index is 0.0682. The van der Waals surface area contributed by atoms with Gasteiger partial charge in [-0.2, -0.15) is 13.2 Å². The van der Waals surface area contributed by atoms with Crippen LogP contribution in [0.3, 0.4) is 0 Å². The second-order valence-corrected chi connectivity index (χ2v) is 8.24. The molecule has 0 aromatic heterocycles. The lowest BCUT2D eigenvalue weighted by Gasteiger charge is -2.16. The lowest BCUT2D eigenvalue weighted by Crippen LogP contribution is -2.31. The Morgan fingerprint density at radius 3 is 2.43 bits per heavy atom. The standard InChI is InChI=1S/C19H14Cl2F3N3O2S/c1-25-18(26-11-4-7-14(21)13(8-11)19(22,23)24)30-15-9-16(28)27(17(15)29)12-5-2-10(20)3-6-12/h2-8,15H,9H2,1H3,(H,25,26). The van der Waals surface area contributed by atoms with Gasteiger partial charge >= 0.3 is 6.18 Å². The summed E-state index contributed by atoms with van der Waals surface area (Å²) in [7, 11) is 1.42. The molecule has 2 amide bonds. The van der Waals surface area contributed by atoms with E-state index in [9.17, 15) is 22.8 Å². The second-order valence-electron chi connectivity index (χ2n) is 6.20. The fourth-order valence-electron chi connectivity index (χ4n) is 2.77. The number of amides is 2. The van der Waals surface area contributed by atoms with Crippen molar-refractivity contribution in [3.63, 3.8) is 0 Å². The van der Waals surface area contributed by atoms with Gasteiger partial charge in [0.15, 0.2) is 5.17 Å². The van der Waals surface area contributed by atoms with Gasteiger partial charge in [0.2, 0.25) is 11.8 Å². The van der Waals surface area contributed by atoms with Gasteiger partial charge in [-0.1, -0.05) is 35.0 Å². The highest BCUT2D eigenvalue weighted by Crippen LogP contribution is 2.37. The predicted octanol–water partition coefficient (Wildman–Crippen LogP) is 5.48. The monoisotopic (exact) mass is 475 g/mol. The van der Waals surface area contributed by atoms with Crippen molar-refractivity contribution in [2.45, 2.75) is 17.8 Å². The van der Waals surface area contributed by atoms with E-state index in [4.69, 9.17) is 23.2 Å². The molecule has 3 rings (SSSR count). The number of imide groups is 1. The number of hydrogen-bond acceptors (Lipinski definition) is 4. The van der Waals surface area contributed by atoms with E-state index in [-0.39, 0.29) is 23.2 Å². The van der Waals surface area contributed by atoms with Crippen LogP contribution in [0.4, 0.5) is 24.5 Å². The average Bonchev–Trinajstić information content (AvgIpc) is 2.96. The van der Waals surface area contributed by atoms with Crippen molar-refractivity contribution in [3.05, 3.63) is 58.1 Å². The van der Waals surface area contributed by atoms with Crippen LogP contribution in [0.25, 0.3) is 0 Å². The molecule has 1 unspecified atom stereocenters. The zero-order valence-corrected chi connectivity index (χ0v) is 17.7. The molecule has 0 bridgehead atoms. The van der Waals surface area contributed by atoms with Crippen LogP contribution in [0, 0.1) is 0 Å². The maximum atomic E-state index is 13.1. The van der Waals surface area contributed by atoms with Gasteiger partial charge in [-0.3, -0.25) is 14.6 Å². The van der Waals surface area contributed by atoms with Gasteiger partial charge < -0.3 is 5.32 Å². The summed E-state index contributed by atoms with van der Waals surface area (Å²) in [5, 5.41) is 2.21. The summed E-state index contributed by atoms with van der Waals surface area (Å²) >= 11 is 12.4. The number of benzene rings is 2. The third kappa shape index (κ3) is 4.91. The average molecular weight is 476 g/mol. The van der Waals surface area contributed by atoms with Crippen molar-refractivity contribution in [2.75, 3.05) is 17.3 Å². The zero-order chi connectivity index (χ0) is 22.1. The molecule has 11 heteroatoms. The van der Waals surface area contributed by atoms with Crippen molar-refractivity contribution in [1.29, 1.82) is 0 Å². The Balaban J connectivity index is 1.75. The second kappa shape index (κ2) is 8.87. The lowest BCUT2D eigenvalue weighted by atomic mass is 10.2. The Hall–Kier alpha value is -2.23. The molecule has 1 fully saturated rings. The Morgan fingerprint density at radius 2 is 1.83 bits per heavy atom. The highest BCUT2D eigenvalue weighted by atomic mass is 35.5. The molecule has 0 aliphatic carbocycles. The molecule has 0 radical (unpaired) electrons. The van der Waals surface area contributed by atoms with Crippen molar-refractivity contribution in [1.82, 2.24) is 0 Å². The van der Waals surface area contributed by atoms with Gasteiger partial charge in [0.1, 0.15) is 5.25 Å². The number of rotatable bonds is 3. The molecule has 0 saturated carbocycles. The summed E-state index contributed by atoms with van der Waals surface area (Å²) in [6.07, 6.45) is -4.68. The molecule has 1 saturated heterocycles. The predicted molar refractivity (Wildman–Crippen MR) is 113 cm³/mol. The summed E-state index contributed by atoms with van der Waals surface area (Å²) in [6, 6.07) is 9.60. The largest absolute Gasteiger partial charge is 0.417 e. The molecule has 1 aliphatic heterocycles. The fourth-order valence-corrected chi connectivity index (χ4v) is 4.11. The Kier molecular flexibility index (Phi) is 6.64. The minimum Gasteiger partial charge on any atom is -0.335 e. The number of amidine groups is 1. The van der Waals surface area contributed by atoms with Crippen LogP contribution in [0.2, 0.25) is 10.0 Å². The van der Waals surface area contributed by atoms with Crippen molar-refractivity contribution >= 4 is 63.3 Å². The third-order valence-corrected chi connectivity index (χ3v) is 5.91. The fraction of sp³-hybridized carbons (Fsp3) is 0.211. The number of anilines is 2. The Bertz CT molecular complexity index is 1010. The van der Waals surface area contributed by atoms with Crippen LogP contribution in [-0.4, -0.2) is 29.3 Å². The van der Waals surface area contributed by atoms with E-state index in [2.05, 4.69) is 10.3 Å². The molecule has 1 atom stereocenters. The summed E-state index contributed by atoms with van der Waals surface area (Å²) < 4.78 is 39.2. The molecule has 158 valence electrons. The van der Waals surface area contributed by atoms with E-state index in [0.717, 1.165) is 28.8 Å². The van der Waals surface area contributed by atoms with Crippen LogP contribution in [0.1, 0.15) is 12.0 Å². The number of alkyl halides is 3. The smallest absolute Gasteiger partial charge is 0.335 e. The van der Waals surface area contributed by atoms with E-state index in [1.54, 1.807) is 24.3 Å². The maximum Gasteiger partial charge on any atom is 0.417 e. The van der Waals surface area contributed by atoms with E-state index >= 15 is 0 Å². The number of nitrogens with zero attached hydrogens (tertiary/aromatic N) is 2. The third-order valence-electron chi connectivity index (χ3n) is 4.17. The molecule has 5 nitrogen and oxygen atoms in total. The molecule has 2 aromatic rings. The molecule has 2 aromatic carbocycles. The number of halogens is 5. The van der Waals surface area contributed by atoms with Gasteiger partial charge in [-0.25, -0.2) is 4.90 Å². The zero-order valence-electron chi connectivity index (χ0n) is 15.3. The van der Waals surface area contributed by atoms with Crippen molar-refractivity contribution < 1.29 is 22.8 Å². The SMILES string of the molecule is CN=C(Nc1ccc(Cl)c(C(F)(F)F)c1)SC1CC(=O)N(c2ccc(Cl)cc2)C1=O. The summed E-state index contributed by atoms with van der Waals surface area (Å²) in [6.45, 7) is 0. The first-order valence-electron chi connectivity index (χ1n) is 8.49. The Morgan fingerprint density at radius 1 is 1.17 bits per heavy atom. The van der Waals surface area contributed by atoms with Gasteiger partial charge in [0.25, 0.3) is 0 Å². The molecule has 1 N–H and O–H groups in total. The lowest BCUT2D eigenvalue weighted by molar-refractivity contribution is -0.137. The Labute approximate surface area is 184 Å². The first-order chi connectivity index (χ1) is 14.1. The molecule has 30 heavy (non-hydrogen) atoms. The first-order valence-corrected chi connectivity index (χ1v) is 10.1. The topological polar surface area (TPSA) is 61.8 Å². The number of aliphatic imine (C=N–C) groups is 1. The summed E-state index contributed by atoms with van der Waals surface area (Å²) in [5.74, 6) is -0.830. The van der Waals surface area contributed by atoms with Crippen LogP contribution >= 0.6 is 35.0 Å². The molecule has 0 spiro atoms. The van der Waals surface area contributed by atoms with Gasteiger partial charge in [-0.05, 0) is 42.5 Å². The quantitative estimate of drug-likeness (QED) is 0.363. The number of hydrogen-bond donors (Lipinski definition) is 1. The van der Waals surface area contributed by atoms with Gasteiger partial charge in [0, 0.05) is 24.2 Å². The van der Waals surface area contributed by atoms with E-state index < -0.39 is 27.9 Å². The molecule has 1 heterocycles. The van der Waals surface area contributed by atoms with Crippen LogP contribution < -0.4 is 10.2 Å². The van der Waals surface area contributed by atoms with Crippen molar-refractivity contribution in [3.8, 4) is 0 Å². The molecular formula is C19H14Cl2F3N3O2S. The molecular weight excluding hydrogens is 462 g/mol. The highest BCUT2D eigenvalue weighted by molar-refractivity contribution is 8.15.